The minimum atomic E-state index is 0.396. The molecule has 0 fully saturated rings. The van der Waals surface area contributed by atoms with Crippen LogP contribution in [0.4, 0.5) is 0 Å². The Morgan fingerprint density at radius 2 is 1.76 bits per heavy atom. The number of hydrogen-bond acceptors (Lipinski definition) is 2. The second-order valence-electron chi connectivity index (χ2n) is 5.92. The predicted molar refractivity (Wildman–Crippen MR) is 83.0 cm³/mol. The van der Waals surface area contributed by atoms with Crippen LogP contribution in [0.1, 0.15) is 66.7 Å². The molecule has 0 rings (SSSR count). The number of unbranched alkanes of at least 4 members (excludes halogenated alkanes) is 2. The molecule has 2 heteroatoms. The van der Waals surface area contributed by atoms with Gasteiger partial charge in [-0.1, -0.05) is 47.5 Å². The molecule has 0 saturated heterocycles. The van der Waals surface area contributed by atoms with Crippen molar-refractivity contribution in [2.24, 2.45) is 5.41 Å². The van der Waals surface area contributed by atoms with Crippen LogP contribution in [-0.4, -0.2) is 24.1 Å². The van der Waals surface area contributed by atoms with E-state index in [9.17, 15) is 0 Å². The molecule has 1 atom stereocenters. The maximum Gasteiger partial charge on any atom is 0.0116 e. The van der Waals surface area contributed by atoms with Gasteiger partial charge in [-0.25, -0.2) is 0 Å². The molecule has 0 aliphatic heterocycles. The number of hydrogen-bond donors (Lipinski definition) is 1. The van der Waals surface area contributed by atoms with Crippen molar-refractivity contribution in [2.75, 3.05) is 18.1 Å². The van der Waals surface area contributed by atoms with Crippen LogP contribution in [0.5, 0.6) is 0 Å². The van der Waals surface area contributed by atoms with Crippen molar-refractivity contribution in [3.63, 3.8) is 0 Å². The second-order valence-corrected chi connectivity index (χ2v) is 7.31. The molecule has 0 heterocycles. The summed E-state index contributed by atoms with van der Waals surface area (Å²) in [6.07, 6.45) is 6.74. The lowest BCUT2D eigenvalue weighted by Crippen LogP contribution is -2.40. The van der Waals surface area contributed by atoms with Gasteiger partial charge >= 0.3 is 0 Å². The van der Waals surface area contributed by atoms with Crippen molar-refractivity contribution in [2.45, 2.75) is 72.8 Å². The van der Waals surface area contributed by atoms with Crippen molar-refractivity contribution >= 4 is 11.8 Å². The smallest absolute Gasteiger partial charge is 0.0116 e. The maximum absolute atomic E-state index is 3.71. The van der Waals surface area contributed by atoms with Gasteiger partial charge in [-0.2, -0.15) is 11.8 Å². The van der Waals surface area contributed by atoms with Crippen molar-refractivity contribution in [3.05, 3.63) is 0 Å². The highest BCUT2D eigenvalue weighted by Crippen LogP contribution is 2.24. The summed E-state index contributed by atoms with van der Waals surface area (Å²) in [5, 5.41) is 3.71. The second kappa shape index (κ2) is 10.3. The Morgan fingerprint density at radius 1 is 1.06 bits per heavy atom. The van der Waals surface area contributed by atoms with Crippen LogP contribution in [0.2, 0.25) is 0 Å². The molecular formula is C15H33NS. The number of nitrogens with one attached hydrogen (secondary N) is 1. The van der Waals surface area contributed by atoms with E-state index < -0.39 is 0 Å². The van der Waals surface area contributed by atoms with Gasteiger partial charge in [-0.3, -0.25) is 0 Å². The van der Waals surface area contributed by atoms with E-state index in [1.54, 1.807) is 0 Å². The van der Waals surface area contributed by atoms with Crippen molar-refractivity contribution in [1.82, 2.24) is 5.32 Å². The molecule has 17 heavy (non-hydrogen) atoms. The van der Waals surface area contributed by atoms with Gasteiger partial charge in [0.1, 0.15) is 0 Å². The lowest BCUT2D eigenvalue weighted by atomic mass is 9.83. The SMILES string of the molecule is CCCNC(CCCCCSCC)C(C)(C)C. The monoisotopic (exact) mass is 259 g/mol. The predicted octanol–water partition coefficient (Wildman–Crippen LogP) is 4.71. The van der Waals surface area contributed by atoms with E-state index in [2.05, 4.69) is 51.7 Å². The van der Waals surface area contributed by atoms with E-state index in [0.29, 0.717) is 11.5 Å². The zero-order chi connectivity index (χ0) is 13.1. The highest BCUT2D eigenvalue weighted by Gasteiger charge is 2.22. The first-order valence-corrected chi connectivity index (χ1v) is 8.49. The van der Waals surface area contributed by atoms with Crippen molar-refractivity contribution in [1.29, 1.82) is 0 Å². The average molecular weight is 260 g/mol. The van der Waals surface area contributed by atoms with Crippen LogP contribution in [0.15, 0.2) is 0 Å². The highest BCUT2D eigenvalue weighted by molar-refractivity contribution is 7.99. The topological polar surface area (TPSA) is 12.0 Å². The molecular weight excluding hydrogens is 226 g/mol. The van der Waals surface area contributed by atoms with Crippen LogP contribution >= 0.6 is 11.8 Å². The lowest BCUT2D eigenvalue weighted by Gasteiger charge is -2.32. The first-order valence-electron chi connectivity index (χ1n) is 7.33. The van der Waals surface area contributed by atoms with E-state index in [1.807, 2.05) is 0 Å². The molecule has 1 N–H and O–H groups in total. The Balaban J connectivity index is 3.69. The third-order valence-electron chi connectivity index (χ3n) is 3.17. The van der Waals surface area contributed by atoms with Gasteiger partial charge in [0, 0.05) is 6.04 Å². The maximum atomic E-state index is 3.71. The van der Waals surface area contributed by atoms with E-state index in [4.69, 9.17) is 0 Å². The standard InChI is InChI=1S/C15H33NS/c1-6-12-16-14(15(3,4)5)11-9-8-10-13-17-7-2/h14,16H,6-13H2,1-5H3. The van der Waals surface area contributed by atoms with Gasteiger partial charge in [-0.15, -0.1) is 0 Å². The first-order chi connectivity index (χ1) is 8.02. The summed E-state index contributed by atoms with van der Waals surface area (Å²) in [6.45, 7) is 12.7. The Kier molecular flexibility index (Phi) is 10.4. The molecule has 0 aromatic carbocycles. The number of rotatable bonds is 10. The zero-order valence-corrected chi connectivity index (χ0v) is 13.5. The Bertz CT molecular complexity index is 163. The molecule has 0 saturated carbocycles. The Hall–Kier alpha value is 0.310. The van der Waals surface area contributed by atoms with Gasteiger partial charge < -0.3 is 5.32 Å². The van der Waals surface area contributed by atoms with Crippen LogP contribution in [-0.2, 0) is 0 Å². The van der Waals surface area contributed by atoms with Gasteiger partial charge in [0.15, 0.2) is 0 Å². The summed E-state index contributed by atoms with van der Waals surface area (Å²) >= 11 is 2.07. The summed E-state index contributed by atoms with van der Waals surface area (Å²) in [5.41, 5.74) is 0.396. The summed E-state index contributed by atoms with van der Waals surface area (Å²) < 4.78 is 0. The summed E-state index contributed by atoms with van der Waals surface area (Å²) in [4.78, 5) is 0. The first kappa shape index (κ1) is 17.3. The summed E-state index contributed by atoms with van der Waals surface area (Å²) in [5.74, 6) is 2.61. The minimum absolute atomic E-state index is 0.396. The molecule has 1 unspecified atom stereocenters. The lowest BCUT2D eigenvalue weighted by molar-refractivity contribution is 0.250. The molecule has 0 bridgehead atoms. The molecule has 0 radical (unpaired) electrons. The zero-order valence-electron chi connectivity index (χ0n) is 12.6. The Morgan fingerprint density at radius 3 is 2.29 bits per heavy atom. The van der Waals surface area contributed by atoms with Crippen LogP contribution in [0.25, 0.3) is 0 Å². The minimum Gasteiger partial charge on any atom is -0.313 e. The largest absolute Gasteiger partial charge is 0.313 e. The molecule has 104 valence electrons. The average Bonchev–Trinajstić information content (AvgIpc) is 2.25. The fourth-order valence-electron chi connectivity index (χ4n) is 2.03. The quantitative estimate of drug-likeness (QED) is 0.570. The fourth-order valence-corrected chi connectivity index (χ4v) is 2.73. The molecule has 0 aromatic heterocycles. The van der Waals surface area contributed by atoms with E-state index in [-0.39, 0.29) is 0 Å². The highest BCUT2D eigenvalue weighted by atomic mass is 32.2. The van der Waals surface area contributed by atoms with Gasteiger partial charge in [0.25, 0.3) is 0 Å². The Labute approximate surface area is 114 Å². The van der Waals surface area contributed by atoms with Crippen LogP contribution in [0.3, 0.4) is 0 Å². The van der Waals surface area contributed by atoms with Crippen molar-refractivity contribution in [3.8, 4) is 0 Å². The van der Waals surface area contributed by atoms with Gasteiger partial charge in [0.05, 0.1) is 0 Å². The molecule has 1 nitrogen and oxygen atoms in total. The van der Waals surface area contributed by atoms with Gasteiger partial charge in [-0.05, 0) is 42.7 Å². The normalized spacial score (nSPS) is 13.9. The molecule has 0 amide bonds. The van der Waals surface area contributed by atoms with Crippen LogP contribution < -0.4 is 5.32 Å². The summed E-state index contributed by atoms with van der Waals surface area (Å²) in [7, 11) is 0. The van der Waals surface area contributed by atoms with Gasteiger partial charge in [0.2, 0.25) is 0 Å². The summed E-state index contributed by atoms with van der Waals surface area (Å²) in [6, 6.07) is 0.682. The number of thioether (sulfide) groups is 1. The third kappa shape index (κ3) is 9.96. The molecule has 0 aliphatic rings. The fraction of sp³-hybridized carbons (Fsp3) is 1.00. The molecule has 0 aliphatic carbocycles. The van der Waals surface area contributed by atoms with Crippen molar-refractivity contribution < 1.29 is 0 Å². The van der Waals surface area contributed by atoms with Crippen LogP contribution in [0, 0.1) is 5.41 Å². The van der Waals surface area contributed by atoms with E-state index >= 15 is 0 Å². The van der Waals surface area contributed by atoms with E-state index in [1.165, 1.54) is 43.6 Å². The molecule has 0 spiro atoms. The third-order valence-corrected chi connectivity index (χ3v) is 4.16. The molecule has 0 aromatic rings. The van der Waals surface area contributed by atoms with E-state index in [0.717, 1.165) is 6.54 Å².